The molecule has 7 heterocycles. The summed E-state index contributed by atoms with van der Waals surface area (Å²) in [5.41, 5.74) is -4.37. The minimum Gasteiger partial charge on any atom is -0.459 e. The van der Waals surface area contributed by atoms with E-state index in [2.05, 4.69) is 231 Å². The quantitative estimate of drug-likeness (QED) is 0.0684. The van der Waals surface area contributed by atoms with Crippen molar-refractivity contribution in [2.45, 2.75) is 404 Å². The average Bonchev–Trinajstić information content (AvgIpc) is 0.770. The van der Waals surface area contributed by atoms with Crippen LogP contribution in [0.1, 0.15) is 356 Å². The van der Waals surface area contributed by atoms with Crippen molar-refractivity contribution in [3.05, 3.63) is 69.3 Å². The second-order valence-electron chi connectivity index (χ2n) is 41.0. The molecular formula is C82H131N7O14. The molecule has 0 aliphatic carbocycles. The van der Waals surface area contributed by atoms with Crippen LogP contribution in [-0.2, 0) is 33.2 Å². The van der Waals surface area contributed by atoms with E-state index in [4.69, 9.17) is 33.2 Å². The number of hydrogen-bond donors (Lipinski definition) is 7. The molecule has 2 aromatic carbocycles. The number of rotatable bonds is 14. The van der Waals surface area contributed by atoms with E-state index in [1.807, 2.05) is 0 Å². The van der Waals surface area contributed by atoms with Gasteiger partial charge in [-0.25, -0.2) is 33.6 Å². The predicted molar refractivity (Wildman–Crippen MR) is 401 cm³/mol. The number of carbonyl (C=O) groups excluding carboxylic acids is 7. The van der Waals surface area contributed by atoms with E-state index < -0.39 is 66.2 Å². The van der Waals surface area contributed by atoms with Gasteiger partial charge < -0.3 is 70.4 Å². The van der Waals surface area contributed by atoms with Crippen LogP contribution in [-0.4, -0.2) is 162 Å². The first kappa shape index (κ1) is 83.1. The lowest BCUT2D eigenvalue weighted by molar-refractivity contribution is -0.0119. The number of carbonyl (C=O) groups is 7. The maximum absolute atomic E-state index is 14.5. The average molecular weight is 1440 g/mol. The first-order valence-corrected chi connectivity index (χ1v) is 37.8. The third-order valence-electron chi connectivity index (χ3n) is 20.7. The van der Waals surface area contributed by atoms with Gasteiger partial charge >= 0.3 is 41.8 Å². The van der Waals surface area contributed by atoms with E-state index in [1.165, 1.54) is 24.3 Å². The van der Waals surface area contributed by atoms with Crippen molar-refractivity contribution < 1.29 is 66.7 Å². The zero-order valence-corrected chi connectivity index (χ0v) is 68.0. The highest BCUT2D eigenvalue weighted by Crippen LogP contribution is 2.40. The molecule has 7 saturated heterocycles. The van der Waals surface area contributed by atoms with Gasteiger partial charge in [0.15, 0.2) is 0 Å². The molecule has 0 aromatic heterocycles. The standard InChI is InChI=1S/C46H74N4O8.C36H57N3O6/c1-39(2)19-27(20-40(3,4)47-39)55-35(51)31-17-33(37(53)57-29-23-43(9,10)49-44(11,12)24-29)34(38(54)58-30-25-45(13,14)50-46(15,16)26-30)18-32(31)36(52)56-28-21-41(5,6)48-42(7,8)22-28;1-31(2)16-23(17-32(3,4)37-31)43-28(40)22-13-14-26(29(41)44-24-18-33(5,6)38-34(7,8)19-24)27(15-22)30(42)45-25-20-35(9,10)39-36(11,12)21-25/h17-18,27-30,47-50H,19-26H2,1-16H3;13-15,23-25,37-39H,16-21H2,1-12H3. The van der Waals surface area contributed by atoms with Gasteiger partial charge in [0.05, 0.1) is 38.9 Å². The highest BCUT2D eigenvalue weighted by Gasteiger charge is 2.48. The third kappa shape index (κ3) is 23.5. The van der Waals surface area contributed by atoms with Gasteiger partial charge in [0, 0.05) is 167 Å². The number of nitrogens with one attached hydrogen (secondary N) is 7. The number of benzene rings is 2. The zero-order chi connectivity index (χ0) is 77.5. The molecule has 21 heteroatoms. The number of piperidine rings is 7. The molecule has 7 aliphatic rings. The van der Waals surface area contributed by atoms with Gasteiger partial charge in [0.2, 0.25) is 0 Å². The molecule has 7 fully saturated rings. The van der Waals surface area contributed by atoms with Gasteiger partial charge in [-0.05, 0) is 224 Å². The summed E-state index contributed by atoms with van der Waals surface area (Å²) in [4.78, 5) is 99.0. The van der Waals surface area contributed by atoms with Crippen LogP contribution in [0.4, 0.5) is 0 Å². The molecule has 9 rings (SSSR count). The lowest BCUT2D eigenvalue weighted by atomic mass is 9.81. The van der Waals surface area contributed by atoms with E-state index in [9.17, 15) is 33.6 Å². The van der Waals surface area contributed by atoms with Gasteiger partial charge in [-0.1, -0.05) is 0 Å². The molecule has 21 nitrogen and oxygen atoms in total. The summed E-state index contributed by atoms with van der Waals surface area (Å²) >= 11 is 0. The molecule has 7 aliphatic heterocycles. The van der Waals surface area contributed by atoms with Crippen LogP contribution in [0.5, 0.6) is 0 Å². The summed E-state index contributed by atoms with van der Waals surface area (Å²) < 4.78 is 43.0. The van der Waals surface area contributed by atoms with Crippen molar-refractivity contribution in [2.24, 2.45) is 0 Å². The Hall–Kier alpha value is -5.55. The van der Waals surface area contributed by atoms with Crippen molar-refractivity contribution in [1.29, 1.82) is 0 Å². The second kappa shape index (κ2) is 28.9. The predicted octanol–water partition coefficient (Wildman–Crippen LogP) is 13.6. The van der Waals surface area contributed by atoms with Crippen molar-refractivity contribution in [2.75, 3.05) is 0 Å². The molecular weight excluding hydrogens is 1310 g/mol. The van der Waals surface area contributed by atoms with Crippen LogP contribution < -0.4 is 37.2 Å². The van der Waals surface area contributed by atoms with Crippen LogP contribution in [0.15, 0.2) is 30.3 Å². The molecule has 7 N–H and O–H groups in total. The fourth-order valence-corrected chi connectivity index (χ4v) is 20.0. The van der Waals surface area contributed by atoms with E-state index >= 15 is 0 Å². The topological polar surface area (TPSA) is 268 Å². The lowest BCUT2D eigenvalue weighted by Crippen LogP contribution is -2.60. The molecule has 0 bridgehead atoms. The SMILES string of the molecule is CC1(C)CC(OC(=O)c2cc(C(=O)OC3CC(C)(C)NC(C)(C)C3)c(C(=O)OC3CC(C)(C)NC(C)(C)C3)cc2C(=O)OC2CC(C)(C)NC(C)(C)C2)CC(C)(C)N1.CC1(C)CC(OC(=O)c2ccc(C(=O)OC3CC(C)(C)NC(C)(C)C3)c(C(=O)OC3CC(C)(C)NC(C)(C)C3)c2)CC(C)(C)N1. The largest absolute Gasteiger partial charge is 0.459 e. The summed E-state index contributed by atoms with van der Waals surface area (Å²) in [5.74, 6) is -4.91. The van der Waals surface area contributed by atoms with Crippen molar-refractivity contribution in [1.82, 2.24) is 37.2 Å². The first-order chi connectivity index (χ1) is 46.5. The molecule has 103 heavy (non-hydrogen) atoms. The van der Waals surface area contributed by atoms with Gasteiger partial charge in [-0.15, -0.1) is 0 Å². The Bertz CT molecular complexity index is 3170. The van der Waals surface area contributed by atoms with Gasteiger partial charge in [0.25, 0.3) is 0 Å². The molecule has 0 unspecified atom stereocenters. The Morgan fingerprint density at radius 3 is 0.515 bits per heavy atom. The Labute approximate surface area is 616 Å². The molecule has 2 aromatic rings. The Morgan fingerprint density at radius 1 is 0.214 bits per heavy atom. The maximum Gasteiger partial charge on any atom is 0.339 e. The van der Waals surface area contributed by atoms with Crippen molar-refractivity contribution >= 4 is 41.8 Å². The van der Waals surface area contributed by atoms with Crippen molar-refractivity contribution in [3.8, 4) is 0 Å². The van der Waals surface area contributed by atoms with E-state index in [1.54, 1.807) is 6.07 Å². The lowest BCUT2D eigenvalue weighted by Gasteiger charge is -2.46. The highest BCUT2D eigenvalue weighted by molar-refractivity contribution is 6.11. The third-order valence-corrected chi connectivity index (χ3v) is 20.7. The molecule has 0 saturated carbocycles. The van der Waals surface area contributed by atoms with Crippen LogP contribution in [0, 0.1) is 0 Å². The Balaban J connectivity index is 0.000000270. The number of esters is 7. The normalized spacial score (nSPS) is 25.9. The number of ether oxygens (including phenoxy) is 7. The summed E-state index contributed by atoms with van der Waals surface area (Å²) in [6.45, 7) is 58.0. The van der Waals surface area contributed by atoms with E-state index in [0.29, 0.717) is 89.9 Å². The van der Waals surface area contributed by atoms with E-state index in [0.717, 1.165) is 0 Å². The zero-order valence-electron chi connectivity index (χ0n) is 68.0. The summed E-state index contributed by atoms with van der Waals surface area (Å²) in [6, 6.07) is 7.06. The van der Waals surface area contributed by atoms with Crippen LogP contribution in [0.3, 0.4) is 0 Å². The molecule has 578 valence electrons. The minimum atomic E-state index is -0.781. The summed E-state index contributed by atoms with van der Waals surface area (Å²) in [6.07, 6.45) is 5.13. The van der Waals surface area contributed by atoms with Gasteiger partial charge in [0.1, 0.15) is 42.7 Å². The maximum atomic E-state index is 14.5. The first-order valence-electron chi connectivity index (χ1n) is 37.8. The summed E-state index contributed by atoms with van der Waals surface area (Å²) in [7, 11) is 0. The molecule has 0 atom stereocenters. The van der Waals surface area contributed by atoms with E-state index in [-0.39, 0.29) is 135 Å². The van der Waals surface area contributed by atoms with Crippen LogP contribution in [0.2, 0.25) is 0 Å². The Morgan fingerprint density at radius 2 is 0.350 bits per heavy atom. The fraction of sp³-hybridized carbons (Fsp3) is 0.768. The molecule has 0 radical (unpaired) electrons. The van der Waals surface area contributed by atoms with Crippen molar-refractivity contribution in [3.63, 3.8) is 0 Å². The fourth-order valence-electron chi connectivity index (χ4n) is 20.0. The summed E-state index contributed by atoms with van der Waals surface area (Å²) in [5, 5.41) is 25.2. The van der Waals surface area contributed by atoms with Gasteiger partial charge in [-0.3, -0.25) is 0 Å². The van der Waals surface area contributed by atoms with Crippen LogP contribution in [0.25, 0.3) is 0 Å². The second-order valence-corrected chi connectivity index (χ2v) is 41.0. The van der Waals surface area contributed by atoms with Gasteiger partial charge in [-0.2, -0.15) is 0 Å². The monoisotopic (exact) mass is 1440 g/mol. The highest BCUT2D eigenvalue weighted by atomic mass is 16.6. The Kier molecular flexibility index (Phi) is 23.3. The minimum absolute atomic E-state index is 0.0158. The number of hydrogen-bond acceptors (Lipinski definition) is 21. The smallest absolute Gasteiger partial charge is 0.339 e. The van der Waals surface area contributed by atoms with Crippen LogP contribution >= 0.6 is 0 Å². The molecule has 0 amide bonds. The molecule has 0 spiro atoms.